The molecule has 0 aliphatic heterocycles. The number of pyridine rings is 1. The van der Waals surface area contributed by atoms with E-state index in [0.29, 0.717) is 0 Å². The summed E-state index contributed by atoms with van der Waals surface area (Å²) in [6.07, 6.45) is 3.02. The van der Waals surface area contributed by atoms with Crippen molar-refractivity contribution in [2.24, 2.45) is 0 Å². The van der Waals surface area contributed by atoms with Gasteiger partial charge in [-0.3, -0.25) is 4.79 Å². The van der Waals surface area contributed by atoms with Gasteiger partial charge in [-0.2, -0.15) is 5.26 Å². The SMILES string of the molecule is CC(C#N)n1ccc(=O)c(N)c1. The third-order valence-electron chi connectivity index (χ3n) is 1.60. The number of nitrogen functional groups attached to an aromatic ring is 1. The molecule has 0 bridgehead atoms. The van der Waals surface area contributed by atoms with Gasteiger partial charge < -0.3 is 10.3 Å². The Morgan fingerprint density at radius 2 is 2.42 bits per heavy atom. The molecule has 0 fully saturated rings. The minimum Gasteiger partial charge on any atom is -0.394 e. The second-order valence-electron chi connectivity index (χ2n) is 2.52. The maximum Gasteiger partial charge on any atom is 0.204 e. The molecule has 1 unspecified atom stereocenters. The predicted molar refractivity (Wildman–Crippen MR) is 45.4 cm³/mol. The highest BCUT2D eigenvalue weighted by atomic mass is 16.1. The Labute approximate surface area is 69.8 Å². The third kappa shape index (κ3) is 1.45. The number of aromatic nitrogens is 1. The van der Waals surface area contributed by atoms with Crippen LogP contribution in [0.5, 0.6) is 0 Å². The standard InChI is InChI=1S/C8H9N3O/c1-6(4-9)11-3-2-8(12)7(10)5-11/h2-3,5-6H,10H2,1H3. The molecule has 1 aromatic rings. The number of nitrogens with zero attached hydrogens (tertiary/aromatic N) is 2. The molecule has 1 heterocycles. The van der Waals surface area contributed by atoms with E-state index in [1.54, 1.807) is 17.7 Å². The fourth-order valence-electron chi connectivity index (χ4n) is 0.825. The molecule has 0 spiro atoms. The first-order valence-electron chi connectivity index (χ1n) is 3.52. The van der Waals surface area contributed by atoms with Gasteiger partial charge in [-0.1, -0.05) is 0 Å². The zero-order valence-electron chi connectivity index (χ0n) is 6.69. The topological polar surface area (TPSA) is 71.8 Å². The maximum absolute atomic E-state index is 10.9. The smallest absolute Gasteiger partial charge is 0.204 e. The number of rotatable bonds is 1. The van der Waals surface area contributed by atoms with E-state index >= 15 is 0 Å². The molecule has 0 aliphatic carbocycles. The molecule has 4 heteroatoms. The normalized spacial score (nSPS) is 12.0. The molecule has 1 rings (SSSR count). The minimum atomic E-state index is -0.298. The van der Waals surface area contributed by atoms with Gasteiger partial charge in [-0.15, -0.1) is 0 Å². The summed E-state index contributed by atoms with van der Waals surface area (Å²) in [6.45, 7) is 1.73. The molecule has 1 aromatic heterocycles. The Balaban J connectivity index is 3.15. The van der Waals surface area contributed by atoms with E-state index in [0.717, 1.165) is 0 Å². The van der Waals surface area contributed by atoms with Crippen LogP contribution in [0.1, 0.15) is 13.0 Å². The fraction of sp³-hybridized carbons (Fsp3) is 0.250. The number of anilines is 1. The second kappa shape index (κ2) is 3.09. The lowest BCUT2D eigenvalue weighted by Gasteiger charge is -2.07. The van der Waals surface area contributed by atoms with Gasteiger partial charge in [0.2, 0.25) is 5.43 Å². The molecule has 0 radical (unpaired) electrons. The maximum atomic E-state index is 10.9. The Bertz CT molecular complexity index is 375. The van der Waals surface area contributed by atoms with Crippen LogP contribution in [0.3, 0.4) is 0 Å². The zero-order chi connectivity index (χ0) is 9.14. The summed E-state index contributed by atoms with van der Waals surface area (Å²) in [6, 6.07) is 3.09. The predicted octanol–water partition coefficient (Wildman–Crippen LogP) is 0.515. The molecule has 1 atom stereocenters. The van der Waals surface area contributed by atoms with Crippen molar-refractivity contribution in [1.82, 2.24) is 4.57 Å². The molecule has 4 nitrogen and oxygen atoms in total. The van der Waals surface area contributed by atoms with Gasteiger partial charge >= 0.3 is 0 Å². The van der Waals surface area contributed by atoms with Crippen molar-refractivity contribution in [3.05, 3.63) is 28.7 Å². The van der Waals surface area contributed by atoms with E-state index in [9.17, 15) is 4.79 Å². The monoisotopic (exact) mass is 163 g/mol. The molecule has 0 aliphatic rings. The first-order chi connectivity index (χ1) is 5.65. The third-order valence-corrected chi connectivity index (χ3v) is 1.60. The van der Waals surface area contributed by atoms with E-state index in [-0.39, 0.29) is 17.2 Å². The number of nitriles is 1. The molecule has 0 amide bonds. The Morgan fingerprint density at radius 3 is 2.92 bits per heavy atom. The highest BCUT2D eigenvalue weighted by Crippen LogP contribution is 2.03. The van der Waals surface area contributed by atoms with Gasteiger partial charge in [0, 0.05) is 18.5 Å². The molecule has 0 saturated carbocycles. The van der Waals surface area contributed by atoms with Crippen LogP contribution in [0.25, 0.3) is 0 Å². The van der Waals surface area contributed by atoms with Crippen LogP contribution in [0.4, 0.5) is 5.69 Å². The van der Waals surface area contributed by atoms with E-state index < -0.39 is 0 Å². The number of hydrogen-bond acceptors (Lipinski definition) is 3. The van der Waals surface area contributed by atoms with Crippen molar-refractivity contribution < 1.29 is 0 Å². The molecule has 0 saturated heterocycles. The lowest BCUT2D eigenvalue weighted by molar-refractivity contribution is 0.668. The van der Waals surface area contributed by atoms with Crippen LogP contribution in [-0.2, 0) is 0 Å². The Morgan fingerprint density at radius 1 is 1.75 bits per heavy atom. The average Bonchev–Trinajstić information content (AvgIpc) is 2.08. The summed E-state index contributed by atoms with van der Waals surface area (Å²) in [5.41, 5.74) is 5.33. The van der Waals surface area contributed by atoms with Gasteiger partial charge in [-0.25, -0.2) is 0 Å². The summed E-state index contributed by atoms with van der Waals surface area (Å²) in [5, 5.41) is 8.56. The number of nitrogens with two attached hydrogens (primary N) is 1. The van der Waals surface area contributed by atoms with Gasteiger partial charge in [-0.05, 0) is 6.92 Å². The van der Waals surface area contributed by atoms with Gasteiger partial charge in [0.05, 0.1) is 11.8 Å². The van der Waals surface area contributed by atoms with Crippen LogP contribution in [0.15, 0.2) is 23.3 Å². The molecule has 12 heavy (non-hydrogen) atoms. The van der Waals surface area contributed by atoms with E-state index in [1.165, 1.54) is 12.3 Å². The van der Waals surface area contributed by atoms with Crippen LogP contribution in [0.2, 0.25) is 0 Å². The Kier molecular flexibility index (Phi) is 2.15. The summed E-state index contributed by atoms with van der Waals surface area (Å²) in [4.78, 5) is 10.9. The lowest BCUT2D eigenvalue weighted by atomic mass is 10.3. The van der Waals surface area contributed by atoms with Gasteiger partial charge in [0.15, 0.2) is 0 Å². The minimum absolute atomic E-state index is 0.166. The summed E-state index contributed by atoms with van der Waals surface area (Å²) >= 11 is 0. The van der Waals surface area contributed by atoms with Gasteiger partial charge in [0.1, 0.15) is 6.04 Å². The molecular formula is C8H9N3O. The number of hydrogen-bond donors (Lipinski definition) is 1. The highest BCUT2D eigenvalue weighted by molar-refractivity contribution is 5.34. The first kappa shape index (κ1) is 8.34. The van der Waals surface area contributed by atoms with Crippen molar-refractivity contribution in [3.8, 4) is 6.07 Å². The lowest BCUT2D eigenvalue weighted by Crippen LogP contribution is -2.12. The van der Waals surface area contributed by atoms with Crippen LogP contribution in [0, 0.1) is 11.3 Å². The molecule has 62 valence electrons. The first-order valence-corrected chi connectivity index (χ1v) is 3.52. The average molecular weight is 163 g/mol. The Hall–Kier alpha value is -1.76. The molecule has 0 aromatic carbocycles. The second-order valence-corrected chi connectivity index (χ2v) is 2.52. The van der Waals surface area contributed by atoms with Crippen molar-refractivity contribution in [3.63, 3.8) is 0 Å². The van der Waals surface area contributed by atoms with Crippen molar-refractivity contribution in [2.75, 3.05) is 5.73 Å². The van der Waals surface area contributed by atoms with Crippen molar-refractivity contribution in [1.29, 1.82) is 5.26 Å². The molecular weight excluding hydrogens is 154 g/mol. The van der Waals surface area contributed by atoms with Crippen molar-refractivity contribution >= 4 is 5.69 Å². The largest absolute Gasteiger partial charge is 0.394 e. The van der Waals surface area contributed by atoms with E-state index in [4.69, 9.17) is 11.0 Å². The van der Waals surface area contributed by atoms with E-state index in [2.05, 4.69) is 0 Å². The summed E-state index contributed by atoms with van der Waals surface area (Å²) in [5.74, 6) is 0. The van der Waals surface area contributed by atoms with E-state index in [1.807, 2.05) is 6.07 Å². The molecule has 2 N–H and O–H groups in total. The highest BCUT2D eigenvalue weighted by Gasteiger charge is 2.01. The summed E-state index contributed by atoms with van der Waals surface area (Å²) < 4.78 is 1.59. The fourth-order valence-corrected chi connectivity index (χ4v) is 0.825. The van der Waals surface area contributed by atoms with Crippen LogP contribution < -0.4 is 11.2 Å². The van der Waals surface area contributed by atoms with Crippen LogP contribution >= 0.6 is 0 Å². The summed E-state index contributed by atoms with van der Waals surface area (Å²) in [7, 11) is 0. The quantitative estimate of drug-likeness (QED) is 0.655. The van der Waals surface area contributed by atoms with Gasteiger partial charge in [0.25, 0.3) is 0 Å². The van der Waals surface area contributed by atoms with Crippen LogP contribution in [-0.4, -0.2) is 4.57 Å². The zero-order valence-corrected chi connectivity index (χ0v) is 6.69. The van der Waals surface area contributed by atoms with Crippen molar-refractivity contribution in [2.45, 2.75) is 13.0 Å².